The fourth-order valence-corrected chi connectivity index (χ4v) is 2.34. The maximum absolute atomic E-state index is 11.9. The molecule has 2 rings (SSSR count). The number of anilines is 1. The van der Waals surface area contributed by atoms with Gasteiger partial charge >= 0.3 is 5.97 Å². The molecule has 0 aromatic heterocycles. The Labute approximate surface area is 140 Å². The lowest BCUT2D eigenvalue weighted by atomic mass is 10.1. The number of amides is 1. The van der Waals surface area contributed by atoms with Crippen molar-refractivity contribution in [2.75, 3.05) is 5.32 Å². The van der Waals surface area contributed by atoms with E-state index < -0.39 is 11.9 Å². The third kappa shape index (κ3) is 4.19. The minimum absolute atomic E-state index is 0.0601. The molecule has 0 bridgehead atoms. The number of carboxylic acids is 1. The number of rotatable bonds is 4. The number of nitrogens with one attached hydrogen (secondary N) is 1. The Morgan fingerprint density at radius 3 is 2.59 bits per heavy atom. The first-order valence-electron chi connectivity index (χ1n) is 6.24. The molecule has 2 aromatic rings. The summed E-state index contributed by atoms with van der Waals surface area (Å²) in [6.45, 7) is 0. The molecule has 0 saturated heterocycles. The van der Waals surface area contributed by atoms with Crippen molar-refractivity contribution in [3.8, 4) is 0 Å². The lowest BCUT2D eigenvalue weighted by molar-refractivity contribution is -0.111. The minimum Gasteiger partial charge on any atom is -0.478 e. The van der Waals surface area contributed by atoms with Gasteiger partial charge in [0.1, 0.15) is 0 Å². The maximum atomic E-state index is 11.9. The van der Waals surface area contributed by atoms with Gasteiger partial charge in [-0.2, -0.15) is 0 Å². The van der Waals surface area contributed by atoms with E-state index >= 15 is 0 Å². The minimum atomic E-state index is -1.16. The third-order valence-electron chi connectivity index (χ3n) is 2.79. The van der Waals surface area contributed by atoms with E-state index in [4.69, 9.17) is 16.7 Å². The Kier molecular flexibility index (Phi) is 5.35. The van der Waals surface area contributed by atoms with Gasteiger partial charge in [0, 0.05) is 15.6 Å². The van der Waals surface area contributed by atoms with E-state index in [0.717, 1.165) is 10.0 Å². The molecule has 0 aliphatic rings. The van der Waals surface area contributed by atoms with Crippen molar-refractivity contribution in [1.82, 2.24) is 0 Å². The van der Waals surface area contributed by atoms with Crippen LogP contribution in [0, 0.1) is 0 Å². The van der Waals surface area contributed by atoms with Crippen LogP contribution in [0.2, 0.25) is 5.02 Å². The molecule has 0 unspecified atom stereocenters. The van der Waals surface area contributed by atoms with E-state index in [2.05, 4.69) is 21.2 Å². The highest BCUT2D eigenvalue weighted by atomic mass is 79.9. The summed E-state index contributed by atoms with van der Waals surface area (Å²) in [7, 11) is 0. The van der Waals surface area contributed by atoms with E-state index in [1.54, 1.807) is 6.08 Å². The van der Waals surface area contributed by atoms with Crippen molar-refractivity contribution in [2.45, 2.75) is 0 Å². The lowest BCUT2D eigenvalue weighted by Gasteiger charge is -2.07. The Balaban J connectivity index is 2.16. The van der Waals surface area contributed by atoms with Crippen LogP contribution in [-0.4, -0.2) is 17.0 Å². The van der Waals surface area contributed by atoms with Crippen LogP contribution in [0.1, 0.15) is 15.9 Å². The molecule has 2 N–H and O–H groups in total. The number of aromatic carboxylic acids is 1. The van der Waals surface area contributed by atoms with E-state index in [1.165, 1.54) is 24.3 Å². The number of carbonyl (C=O) groups is 2. The largest absolute Gasteiger partial charge is 0.478 e. The second kappa shape index (κ2) is 7.24. The van der Waals surface area contributed by atoms with Gasteiger partial charge < -0.3 is 10.4 Å². The Hall–Kier alpha value is -2.11. The molecule has 0 aliphatic carbocycles. The highest BCUT2D eigenvalue weighted by Crippen LogP contribution is 2.21. The summed E-state index contributed by atoms with van der Waals surface area (Å²) >= 11 is 9.14. The van der Waals surface area contributed by atoms with Crippen LogP contribution in [-0.2, 0) is 4.79 Å². The highest BCUT2D eigenvalue weighted by molar-refractivity contribution is 9.10. The van der Waals surface area contributed by atoms with E-state index in [0.29, 0.717) is 5.02 Å². The molecule has 0 radical (unpaired) electrons. The molecule has 0 spiro atoms. The number of carboxylic acid groups (broad SMARTS) is 1. The van der Waals surface area contributed by atoms with Gasteiger partial charge in [-0.3, -0.25) is 4.79 Å². The molecule has 112 valence electrons. The van der Waals surface area contributed by atoms with Gasteiger partial charge in [0.15, 0.2) is 0 Å². The van der Waals surface area contributed by atoms with Gasteiger partial charge in [0.25, 0.3) is 0 Å². The fourth-order valence-electron chi connectivity index (χ4n) is 1.75. The van der Waals surface area contributed by atoms with Gasteiger partial charge in [0.05, 0.1) is 11.3 Å². The molecule has 2 aromatic carbocycles. The van der Waals surface area contributed by atoms with Crippen molar-refractivity contribution >= 4 is 51.2 Å². The number of carbonyl (C=O) groups excluding carboxylic acids is 1. The second-order valence-electron chi connectivity index (χ2n) is 4.34. The Morgan fingerprint density at radius 2 is 1.91 bits per heavy atom. The first-order chi connectivity index (χ1) is 10.5. The van der Waals surface area contributed by atoms with Crippen LogP contribution in [0.5, 0.6) is 0 Å². The summed E-state index contributed by atoms with van der Waals surface area (Å²) in [5.41, 5.74) is 0.973. The molecule has 0 fully saturated rings. The van der Waals surface area contributed by atoms with Gasteiger partial charge in [-0.05, 0) is 35.9 Å². The van der Waals surface area contributed by atoms with Gasteiger partial charge in [-0.1, -0.05) is 45.7 Å². The third-order valence-corrected chi connectivity index (χ3v) is 3.75. The van der Waals surface area contributed by atoms with Crippen molar-refractivity contribution in [3.63, 3.8) is 0 Å². The predicted octanol–water partition coefficient (Wildman–Crippen LogP) is 4.45. The molecular formula is C16H11BrClNO3. The molecule has 0 heterocycles. The zero-order chi connectivity index (χ0) is 16.1. The first kappa shape index (κ1) is 16.3. The van der Waals surface area contributed by atoms with Crippen molar-refractivity contribution in [1.29, 1.82) is 0 Å². The normalized spacial score (nSPS) is 10.6. The topological polar surface area (TPSA) is 66.4 Å². The molecule has 4 nitrogen and oxygen atoms in total. The lowest BCUT2D eigenvalue weighted by Crippen LogP contribution is -2.12. The van der Waals surface area contributed by atoms with Crippen molar-refractivity contribution in [2.24, 2.45) is 0 Å². The average molecular weight is 381 g/mol. The summed E-state index contributed by atoms with van der Waals surface area (Å²) in [5, 5.41) is 11.9. The van der Waals surface area contributed by atoms with Crippen molar-refractivity contribution in [3.05, 3.63) is 69.2 Å². The Morgan fingerprint density at radius 1 is 1.18 bits per heavy atom. The molecule has 0 aliphatic heterocycles. The standard InChI is InChI=1S/C16H11BrClNO3/c17-13-4-2-1-3-10(13)5-8-15(20)19-14-7-6-11(18)9-12(14)16(21)22/h1-9H,(H,19,20)(H,21,22)/b8-5+. The van der Waals surface area contributed by atoms with Gasteiger partial charge in [-0.15, -0.1) is 0 Å². The van der Waals surface area contributed by atoms with Crippen LogP contribution >= 0.6 is 27.5 Å². The van der Waals surface area contributed by atoms with Crippen molar-refractivity contribution < 1.29 is 14.7 Å². The summed E-state index contributed by atoms with van der Waals surface area (Å²) in [4.78, 5) is 23.1. The molecule has 1 amide bonds. The molecule has 0 saturated carbocycles. The summed E-state index contributed by atoms with van der Waals surface area (Å²) < 4.78 is 0.858. The van der Waals surface area contributed by atoms with Crippen LogP contribution in [0.25, 0.3) is 6.08 Å². The smallest absolute Gasteiger partial charge is 0.337 e. The number of hydrogen-bond donors (Lipinski definition) is 2. The van der Waals surface area contributed by atoms with Crippen LogP contribution in [0.3, 0.4) is 0 Å². The van der Waals surface area contributed by atoms with Crippen LogP contribution in [0.4, 0.5) is 5.69 Å². The van der Waals surface area contributed by atoms with Gasteiger partial charge in [-0.25, -0.2) is 4.79 Å². The Bertz CT molecular complexity index is 759. The highest BCUT2D eigenvalue weighted by Gasteiger charge is 2.12. The number of halogens is 2. The molecule has 6 heteroatoms. The summed E-state index contributed by atoms with van der Waals surface area (Å²) in [5.74, 6) is -1.59. The van der Waals surface area contributed by atoms with Crippen LogP contribution < -0.4 is 5.32 Å². The fraction of sp³-hybridized carbons (Fsp3) is 0. The monoisotopic (exact) mass is 379 g/mol. The maximum Gasteiger partial charge on any atom is 0.337 e. The summed E-state index contributed by atoms with van der Waals surface area (Å²) in [6, 6.07) is 11.7. The number of benzene rings is 2. The summed E-state index contributed by atoms with van der Waals surface area (Å²) in [6.07, 6.45) is 2.97. The molecule has 22 heavy (non-hydrogen) atoms. The molecule has 0 atom stereocenters. The molecular weight excluding hydrogens is 370 g/mol. The average Bonchev–Trinajstić information content (AvgIpc) is 2.48. The number of hydrogen-bond acceptors (Lipinski definition) is 2. The second-order valence-corrected chi connectivity index (χ2v) is 5.63. The van der Waals surface area contributed by atoms with Crippen LogP contribution in [0.15, 0.2) is 53.0 Å². The van der Waals surface area contributed by atoms with Gasteiger partial charge in [0.2, 0.25) is 5.91 Å². The van der Waals surface area contributed by atoms with E-state index in [9.17, 15) is 9.59 Å². The van der Waals surface area contributed by atoms with E-state index in [1.807, 2.05) is 24.3 Å². The zero-order valence-corrected chi connectivity index (χ0v) is 13.6. The van der Waals surface area contributed by atoms with E-state index in [-0.39, 0.29) is 11.3 Å². The predicted molar refractivity (Wildman–Crippen MR) is 90.2 cm³/mol. The quantitative estimate of drug-likeness (QED) is 0.770. The first-order valence-corrected chi connectivity index (χ1v) is 7.41. The zero-order valence-electron chi connectivity index (χ0n) is 11.2. The SMILES string of the molecule is O=C(/C=C/c1ccccc1Br)Nc1ccc(Cl)cc1C(=O)O.